The van der Waals surface area contributed by atoms with E-state index in [1.54, 1.807) is 12.1 Å². The van der Waals surface area contributed by atoms with Crippen molar-refractivity contribution in [1.82, 2.24) is 15.5 Å². The summed E-state index contributed by atoms with van der Waals surface area (Å²) < 4.78 is 23.0. The summed E-state index contributed by atoms with van der Waals surface area (Å²) in [7, 11) is -3.14. The molecular formula is C21H38N4O2S. The van der Waals surface area contributed by atoms with Gasteiger partial charge in [0.15, 0.2) is 15.8 Å². The second kappa shape index (κ2) is 12.1. The van der Waals surface area contributed by atoms with E-state index >= 15 is 0 Å². The number of nitrogens with one attached hydrogen (secondary N) is 2. The minimum atomic E-state index is -3.14. The molecule has 28 heavy (non-hydrogen) atoms. The van der Waals surface area contributed by atoms with Gasteiger partial charge in [-0.05, 0) is 65.2 Å². The fourth-order valence-electron chi connectivity index (χ4n) is 3.13. The zero-order valence-electron chi connectivity index (χ0n) is 18.3. The van der Waals surface area contributed by atoms with Crippen LogP contribution in [0.3, 0.4) is 0 Å². The second-order valence-corrected chi connectivity index (χ2v) is 9.65. The lowest BCUT2D eigenvalue weighted by atomic mass is 10.1. The Balaban J connectivity index is 2.48. The molecule has 6 nitrogen and oxygen atoms in total. The van der Waals surface area contributed by atoms with Crippen LogP contribution in [0, 0.1) is 0 Å². The Morgan fingerprint density at radius 1 is 1.07 bits per heavy atom. The predicted molar refractivity (Wildman–Crippen MR) is 119 cm³/mol. The number of hydrogen-bond acceptors (Lipinski definition) is 4. The molecule has 2 N–H and O–H groups in total. The van der Waals surface area contributed by atoms with Crippen molar-refractivity contribution in [3.8, 4) is 0 Å². The summed E-state index contributed by atoms with van der Waals surface area (Å²) in [5.41, 5.74) is 1.10. The molecule has 0 saturated heterocycles. The van der Waals surface area contributed by atoms with Gasteiger partial charge >= 0.3 is 0 Å². The van der Waals surface area contributed by atoms with Gasteiger partial charge < -0.3 is 10.6 Å². The lowest BCUT2D eigenvalue weighted by Gasteiger charge is -2.30. The van der Waals surface area contributed by atoms with Gasteiger partial charge in [0.25, 0.3) is 0 Å². The molecule has 0 spiro atoms. The molecule has 0 aliphatic carbocycles. The van der Waals surface area contributed by atoms with Crippen LogP contribution in [-0.2, 0) is 16.3 Å². The molecule has 0 aliphatic heterocycles. The van der Waals surface area contributed by atoms with Crippen molar-refractivity contribution in [3.63, 3.8) is 0 Å². The number of hydrogen-bond donors (Lipinski definition) is 2. The van der Waals surface area contributed by atoms with Crippen molar-refractivity contribution in [2.75, 3.05) is 32.4 Å². The van der Waals surface area contributed by atoms with Gasteiger partial charge in [-0.1, -0.05) is 12.1 Å². The van der Waals surface area contributed by atoms with Crippen LogP contribution in [0.15, 0.2) is 34.2 Å². The van der Waals surface area contributed by atoms with Gasteiger partial charge in [0, 0.05) is 44.5 Å². The van der Waals surface area contributed by atoms with Gasteiger partial charge in [-0.2, -0.15) is 0 Å². The smallest absolute Gasteiger partial charge is 0.191 e. The summed E-state index contributed by atoms with van der Waals surface area (Å²) in [6.45, 7) is 14.4. The highest BCUT2D eigenvalue weighted by Crippen LogP contribution is 2.10. The third kappa shape index (κ3) is 9.06. The van der Waals surface area contributed by atoms with Crippen LogP contribution in [-0.4, -0.2) is 63.8 Å². The monoisotopic (exact) mass is 410 g/mol. The quantitative estimate of drug-likeness (QED) is 0.333. The largest absolute Gasteiger partial charge is 0.357 e. The Hall–Kier alpha value is -1.60. The Labute approximate surface area is 171 Å². The van der Waals surface area contributed by atoms with Crippen molar-refractivity contribution in [2.45, 2.75) is 64.4 Å². The zero-order valence-corrected chi connectivity index (χ0v) is 19.1. The van der Waals surface area contributed by atoms with Crippen molar-refractivity contribution in [1.29, 1.82) is 0 Å². The van der Waals surface area contributed by atoms with Crippen LogP contribution in [0.4, 0.5) is 0 Å². The molecular weight excluding hydrogens is 372 g/mol. The van der Waals surface area contributed by atoms with E-state index in [2.05, 4.69) is 55.1 Å². The molecule has 1 aromatic carbocycles. The first-order chi connectivity index (χ1) is 13.1. The van der Waals surface area contributed by atoms with Crippen LogP contribution in [0.2, 0.25) is 0 Å². The van der Waals surface area contributed by atoms with Gasteiger partial charge in [-0.25, -0.2) is 8.42 Å². The van der Waals surface area contributed by atoms with Gasteiger partial charge in [-0.15, -0.1) is 0 Å². The van der Waals surface area contributed by atoms with Crippen molar-refractivity contribution >= 4 is 15.8 Å². The number of nitrogens with zero attached hydrogens (tertiary/aromatic N) is 2. The van der Waals surface area contributed by atoms with E-state index in [4.69, 9.17) is 0 Å². The fraction of sp³-hybridized carbons (Fsp3) is 0.667. The van der Waals surface area contributed by atoms with Crippen LogP contribution >= 0.6 is 0 Å². The molecule has 1 aromatic rings. The average Bonchev–Trinajstić information content (AvgIpc) is 2.60. The van der Waals surface area contributed by atoms with Gasteiger partial charge in [-0.3, -0.25) is 9.89 Å². The van der Waals surface area contributed by atoms with E-state index < -0.39 is 9.84 Å². The minimum absolute atomic E-state index is 0.357. The van der Waals surface area contributed by atoms with E-state index in [1.165, 1.54) is 6.26 Å². The molecule has 0 fully saturated rings. The van der Waals surface area contributed by atoms with E-state index in [-0.39, 0.29) is 0 Å². The van der Waals surface area contributed by atoms with Crippen LogP contribution in [0.1, 0.15) is 46.6 Å². The SMILES string of the molecule is CCNC(=NCCCN(C(C)C)C(C)C)NCCc1ccc(S(C)(=O)=O)cc1. The minimum Gasteiger partial charge on any atom is -0.357 e. The molecule has 0 aliphatic rings. The maximum atomic E-state index is 11.5. The van der Waals surface area contributed by atoms with E-state index in [1.807, 2.05) is 12.1 Å². The lowest BCUT2D eigenvalue weighted by Crippen LogP contribution is -2.39. The number of benzene rings is 1. The molecule has 7 heteroatoms. The molecule has 0 heterocycles. The fourth-order valence-corrected chi connectivity index (χ4v) is 3.76. The van der Waals surface area contributed by atoms with Crippen LogP contribution < -0.4 is 10.6 Å². The summed E-state index contributed by atoms with van der Waals surface area (Å²) in [4.78, 5) is 7.51. The standard InChI is InChI=1S/C21H38N4O2S/c1-7-22-21(23-14-8-16-25(17(2)3)18(4)5)24-15-13-19-9-11-20(12-10-19)28(6,26)27/h9-12,17-18H,7-8,13-16H2,1-6H3,(H2,22,23,24). The first kappa shape index (κ1) is 24.4. The lowest BCUT2D eigenvalue weighted by molar-refractivity contribution is 0.174. The van der Waals surface area contributed by atoms with Crippen LogP contribution in [0.25, 0.3) is 0 Å². The first-order valence-electron chi connectivity index (χ1n) is 10.2. The van der Waals surface area contributed by atoms with Crippen molar-refractivity contribution in [3.05, 3.63) is 29.8 Å². The maximum Gasteiger partial charge on any atom is 0.191 e. The predicted octanol–water partition coefficient (Wildman–Crippen LogP) is 2.70. The third-order valence-corrected chi connectivity index (χ3v) is 5.70. The summed E-state index contributed by atoms with van der Waals surface area (Å²) >= 11 is 0. The van der Waals surface area contributed by atoms with E-state index in [0.717, 1.165) is 50.5 Å². The maximum absolute atomic E-state index is 11.5. The molecule has 1 rings (SSSR count). The summed E-state index contributed by atoms with van der Waals surface area (Å²) in [5, 5.41) is 6.63. The molecule has 0 aromatic heterocycles. The third-order valence-electron chi connectivity index (χ3n) is 4.57. The normalized spacial score (nSPS) is 12.8. The summed E-state index contributed by atoms with van der Waals surface area (Å²) in [6.07, 6.45) is 3.06. The molecule has 0 unspecified atom stereocenters. The van der Waals surface area contributed by atoms with Gasteiger partial charge in [0.1, 0.15) is 0 Å². The van der Waals surface area contributed by atoms with E-state index in [9.17, 15) is 8.42 Å². The van der Waals surface area contributed by atoms with Crippen molar-refractivity contribution in [2.24, 2.45) is 4.99 Å². The van der Waals surface area contributed by atoms with Gasteiger partial charge in [0.05, 0.1) is 4.90 Å². The Kier molecular flexibility index (Phi) is 10.5. The van der Waals surface area contributed by atoms with Gasteiger partial charge in [0.2, 0.25) is 0 Å². The molecule has 0 bridgehead atoms. The summed E-state index contributed by atoms with van der Waals surface area (Å²) in [6, 6.07) is 8.16. The topological polar surface area (TPSA) is 73.8 Å². The number of aliphatic imine (C=N–C) groups is 1. The second-order valence-electron chi connectivity index (χ2n) is 7.63. The first-order valence-corrected chi connectivity index (χ1v) is 12.1. The average molecular weight is 411 g/mol. The van der Waals surface area contributed by atoms with Crippen LogP contribution in [0.5, 0.6) is 0 Å². The zero-order chi connectivity index (χ0) is 21.2. The molecule has 0 amide bonds. The number of rotatable bonds is 11. The highest BCUT2D eigenvalue weighted by atomic mass is 32.2. The van der Waals surface area contributed by atoms with E-state index in [0.29, 0.717) is 17.0 Å². The molecule has 160 valence electrons. The van der Waals surface area contributed by atoms with Crippen molar-refractivity contribution < 1.29 is 8.42 Å². The highest BCUT2D eigenvalue weighted by molar-refractivity contribution is 7.90. The Morgan fingerprint density at radius 2 is 1.68 bits per heavy atom. The summed E-state index contributed by atoms with van der Waals surface area (Å²) in [5.74, 6) is 0.830. The number of sulfone groups is 1. The Morgan fingerprint density at radius 3 is 2.18 bits per heavy atom. The number of guanidine groups is 1. The molecule has 0 saturated carbocycles. The molecule has 0 atom stereocenters. The Bertz CT molecular complexity index is 690. The molecule has 0 radical (unpaired) electrons. The highest BCUT2D eigenvalue weighted by Gasteiger charge is 2.12.